The number of ether oxygens (including phenoxy) is 1. The Bertz CT molecular complexity index is 1120. The van der Waals surface area contributed by atoms with Gasteiger partial charge in [0, 0.05) is 24.9 Å². The van der Waals surface area contributed by atoms with Crippen LogP contribution in [0.2, 0.25) is 0 Å². The van der Waals surface area contributed by atoms with E-state index in [-0.39, 0.29) is 12.5 Å². The number of nitrogens with one attached hydrogen (secondary N) is 2. The minimum absolute atomic E-state index is 0.0602. The highest BCUT2D eigenvalue weighted by Crippen LogP contribution is 2.33. The van der Waals surface area contributed by atoms with Crippen LogP contribution in [-0.4, -0.2) is 62.3 Å². The Labute approximate surface area is 185 Å². The topological polar surface area (TPSA) is 122 Å². The van der Waals surface area contributed by atoms with Crippen LogP contribution in [0.4, 0.5) is 11.6 Å². The number of amides is 1. The Hall–Kier alpha value is -3.40. The van der Waals surface area contributed by atoms with Crippen molar-refractivity contribution in [2.75, 3.05) is 30.4 Å². The molecular formula is C22H26N8O2. The Kier molecular flexibility index (Phi) is 5.52. The molecule has 1 aliphatic carbocycles. The highest BCUT2D eigenvalue weighted by molar-refractivity contribution is 5.99. The van der Waals surface area contributed by atoms with Crippen molar-refractivity contribution in [3.05, 3.63) is 30.4 Å². The number of methoxy groups -OCH3 is 1. The Balaban J connectivity index is 1.38. The number of anilines is 2. The second-order valence-corrected chi connectivity index (χ2v) is 8.39. The van der Waals surface area contributed by atoms with E-state index in [1.807, 2.05) is 24.0 Å². The number of nitrogens with zero attached hydrogens (tertiary/aromatic N) is 6. The molecule has 2 N–H and O–H groups in total. The predicted octanol–water partition coefficient (Wildman–Crippen LogP) is 2.60. The number of aromatic nitrogens is 6. The molecule has 1 amide bonds. The van der Waals surface area contributed by atoms with Gasteiger partial charge in [-0.2, -0.15) is 5.10 Å². The van der Waals surface area contributed by atoms with Crippen molar-refractivity contribution >= 4 is 17.5 Å². The number of H-pyrrole nitrogens is 1. The first-order chi connectivity index (χ1) is 15.6. The van der Waals surface area contributed by atoms with Gasteiger partial charge < -0.3 is 15.0 Å². The number of hydrogen-bond donors (Lipinski definition) is 2. The van der Waals surface area contributed by atoms with Gasteiger partial charge in [0.1, 0.15) is 12.0 Å². The SMILES string of the molecule is CO[C@@H]1CC[C@@H](CCN2CC(=O)Nc3ncc(-c4ccc(-c5ncn[nH]5)nc4C)nc32)C1. The van der Waals surface area contributed by atoms with E-state index in [2.05, 4.69) is 30.5 Å². The Morgan fingerprint density at radius 3 is 2.84 bits per heavy atom. The summed E-state index contributed by atoms with van der Waals surface area (Å²) in [5, 5.41) is 9.55. The lowest BCUT2D eigenvalue weighted by Gasteiger charge is -2.30. The third-order valence-electron chi connectivity index (χ3n) is 6.30. The minimum atomic E-state index is -0.0602. The molecule has 4 heterocycles. The van der Waals surface area contributed by atoms with E-state index in [1.54, 1.807) is 13.3 Å². The first-order valence-corrected chi connectivity index (χ1v) is 10.9. The van der Waals surface area contributed by atoms with Gasteiger partial charge >= 0.3 is 0 Å². The van der Waals surface area contributed by atoms with Crippen LogP contribution in [0.1, 0.15) is 31.4 Å². The van der Waals surface area contributed by atoms with Crippen molar-refractivity contribution in [1.29, 1.82) is 0 Å². The normalized spacial score (nSPS) is 20.3. The second kappa shape index (κ2) is 8.62. The molecule has 166 valence electrons. The van der Waals surface area contributed by atoms with Crippen LogP contribution in [0.3, 0.4) is 0 Å². The van der Waals surface area contributed by atoms with Gasteiger partial charge in [-0.05, 0) is 50.7 Å². The fourth-order valence-corrected chi connectivity index (χ4v) is 4.56. The molecule has 2 atom stereocenters. The van der Waals surface area contributed by atoms with Gasteiger partial charge in [0.2, 0.25) is 5.91 Å². The maximum Gasteiger partial charge on any atom is 0.245 e. The van der Waals surface area contributed by atoms with Gasteiger partial charge in [0.25, 0.3) is 0 Å². The lowest BCUT2D eigenvalue weighted by atomic mass is 10.0. The number of hydrogen-bond acceptors (Lipinski definition) is 8. The largest absolute Gasteiger partial charge is 0.381 e. The van der Waals surface area contributed by atoms with Crippen molar-refractivity contribution in [2.45, 2.75) is 38.7 Å². The van der Waals surface area contributed by atoms with Gasteiger partial charge in [0.05, 0.1) is 24.5 Å². The lowest BCUT2D eigenvalue weighted by molar-refractivity contribution is -0.115. The van der Waals surface area contributed by atoms with E-state index in [0.717, 1.165) is 48.5 Å². The van der Waals surface area contributed by atoms with Crippen molar-refractivity contribution in [3.63, 3.8) is 0 Å². The van der Waals surface area contributed by atoms with E-state index in [0.29, 0.717) is 29.5 Å². The Morgan fingerprint density at radius 1 is 1.19 bits per heavy atom. The molecule has 1 fully saturated rings. The molecule has 2 aliphatic rings. The van der Waals surface area contributed by atoms with E-state index in [4.69, 9.17) is 9.72 Å². The number of rotatable bonds is 6. The molecule has 1 saturated carbocycles. The number of fused-ring (bicyclic) bond motifs is 1. The monoisotopic (exact) mass is 434 g/mol. The summed E-state index contributed by atoms with van der Waals surface area (Å²) in [6.07, 6.45) is 7.86. The highest BCUT2D eigenvalue weighted by atomic mass is 16.5. The van der Waals surface area contributed by atoms with Crippen LogP contribution >= 0.6 is 0 Å². The lowest BCUT2D eigenvalue weighted by Crippen LogP contribution is -2.40. The first-order valence-electron chi connectivity index (χ1n) is 10.9. The minimum Gasteiger partial charge on any atom is -0.381 e. The van der Waals surface area contributed by atoms with Crippen LogP contribution in [0, 0.1) is 12.8 Å². The standard InChI is InChI=1S/C22H26N8O2/c1-13-16(5-6-17(26-13)20-24-12-25-29-20)18-10-23-21-22(27-18)30(11-19(31)28-21)8-7-14-3-4-15(9-14)32-2/h5-6,10,12,14-15H,3-4,7-9,11H2,1-2H3,(H,23,28,31)(H,24,25,29)/t14-,15+/m0/s1. The zero-order valence-corrected chi connectivity index (χ0v) is 18.2. The molecule has 0 radical (unpaired) electrons. The van der Waals surface area contributed by atoms with Crippen LogP contribution in [0.5, 0.6) is 0 Å². The molecule has 10 nitrogen and oxygen atoms in total. The van der Waals surface area contributed by atoms with Crippen molar-refractivity contribution in [2.24, 2.45) is 5.92 Å². The average molecular weight is 435 g/mol. The van der Waals surface area contributed by atoms with Crippen LogP contribution in [0.15, 0.2) is 24.7 Å². The zero-order chi connectivity index (χ0) is 22.1. The fourth-order valence-electron chi connectivity index (χ4n) is 4.56. The molecule has 3 aromatic rings. The molecule has 10 heteroatoms. The zero-order valence-electron chi connectivity index (χ0n) is 18.2. The molecule has 0 aromatic carbocycles. The molecule has 3 aromatic heterocycles. The predicted molar refractivity (Wildman–Crippen MR) is 119 cm³/mol. The first kappa shape index (κ1) is 20.5. The van der Waals surface area contributed by atoms with Crippen molar-refractivity contribution in [1.82, 2.24) is 30.1 Å². The van der Waals surface area contributed by atoms with Gasteiger partial charge in [-0.1, -0.05) is 0 Å². The van der Waals surface area contributed by atoms with Gasteiger partial charge in [-0.15, -0.1) is 0 Å². The number of carbonyl (C=O) groups excluding carboxylic acids is 1. The molecule has 5 rings (SSSR count). The van der Waals surface area contributed by atoms with E-state index >= 15 is 0 Å². The quantitative estimate of drug-likeness (QED) is 0.607. The summed E-state index contributed by atoms with van der Waals surface area (Å²) in [6.45, 7) is 2.98. The summed E-state index contributed by atoms with van der Waals surface area (Å²) >= 11 is 0. The molecule has 1 aliphatic heterocycles. The van der Waals surface area contributed by atoms with Crippen LogP contribution < -0.4 is 10.2 Å². The van der Waals surface area contributed by atoms with E-state index in [9.17, 15) is 4.79 Å². The van der Waals surface area contributed by atoms with Crippen LogP contribution in [-0.2, 0) is 9.53 Å². The summed E-state index contributed by atoms with van der Waals surface area (Å²) in [6, 6.07) is 3.85. The number of aryl methyl sites for hydroxylation is 1. The summed E-state index contributed by atoms with van der Waals surface area (Å²) < 4.78 is 5.50. The summed E-state index contributed by atoms with van der Waals surface area (Å²) in [5.74, 6) is 2.39. The summed E-state index contributed by atoms with van der Waals surface area (Å²) in [4.78, 5) is 32.4. The fraction of sp³-hybridized carbons (Fsp3) is 0.455. The van der Waals surface area contributed by atoms with Crippen LogP contribution in [0.25, 0.3) is 22.8 Å². The van der Waals surface area contributed by atoms with Gasteiger partial charge in [-0.25, -0.2) is 19.9 Å². The summed E-state index contributed by atoms with van der Waals surface area (Å²) in [5.41, 5.74) is 3.14. The van der Waals surface area contributed by atoms with Crippen molar-refractivity contribution < 1.29 is 9.53 Å². The maximum atomic E-state index is 12.2. The maximum absolute atomic E-state index is 12.2. The van der Waals surface area contributed by atoms with Crippen molar-refractivity contribution in [3.8, 4) is 22.8 Å². The highest BCUT2D eigenvalue weighted by Gasteiger charge is 2.29. The van der Waals surface area contributed by atoms with Gasteiger partial charge in [0.15, 0.2) is 17.5 Å². The number of carbonyl (C=O) groups is 1. The molecule has 0 saturated heterocycles. The average Bonchev–Trinajstić information content (AvgIpc) is 3.49. The molecule has 32 heavy (non-hydrogen) atoms. The second-order valence-electron chi connectivity index (χ2n) is 8.39. The van der Waals surface area contributed by atoms with Gasteiger partial charge in [-0.3, -0.25) is 9.89 Å². The van der Waals surface area contributed by atoms with E-state index in [1.165, 1.54) is 12.7 Å². The smallest absolute Gasteiger partial charge is 0.245 e. The third kappa shape index (κ3) is 4.05. The van der Waals surface area contributed by atoms with E-state index < -0.39 is 0 Å². The summed E-state index contributed by atoms with van der Waals surface area (Å²) in [7, 11) is 1.78. The molecule has 0 spiro atoms. The number of aromatic amines is 1. The Morgan fingerprint density at radius 2 is 2.09 bits per heavy atom. The number of pyridine rings is 1. The molecular weight excluding hydrogens is 408 g/mol. The molecule has 0 unspecified atom stereocenters. The molecule has 0 bridgehead atoms. The third-order valence-corrected chi connectivity index (χ3v) is 6.30.